The van der Waals surface area contributed by atoms with Crippen LogP contribution in [0.1, 0.15) is 5.56 Å². The van der Waals surface area contributed by atoms with Gasteiger partial charge in [-0.2, -0.15) is 7.82 Å². The summed E-state index contributed by atoms with van der Waals surface area (Å²) in [5, 5.41) is 0. The molecule has 68 valence electrons. The number of aryl methyl sites for hydroxylation is 1. The van der Waals surface area contributed by atoms with Crippen LogP contribution in [-0.2, 0) is 4.57 Å². The first kappa shape index (κ1) is 26.0. The van der Waals surface area contributed by atoms with E-state index in [-0.39, 0.29) is 88.7 Å². The number of phosphoric acid groups is 1. The Morgan fingerprint density at radius 2 is 1.20 bits per heavy atom. The average molecular weight is 256 g/mol. The summed E-state index contributed by atoms with van der Waals surface area (Å²) in [7, 11) is -5.39. The summed E-state index contributed by atoms with van der Waals surface area (Å²) in [6, 6.07) is 10.3. The molecule has 1 rings (SSSR count). The van der Waals surface area contributed by atoms with Crippen LogP contribution in [0.2, 0.25) is 0 Å². The van der Waals surface area contributed by atoms with Crippen LogP contribution < -0.4 is 103 Å². The third-order valence-corrected chi connectivity index (χ3v) is 0.940. The largest absolute Gasteiger partial charge is 1.00 e. The first-order valence-electron chi connectivity index (χ1n) is 3.14. The Balaban J connectivity index is -0.0000000701. The smallest absolute Gasteiger partial charge is 0.822 e. The van der Waals surface area contributed by atoms with Crippen molar-refractivity contribution in [2.24, 2.45) is 0 Å². The van der Waals surface area contributed by atoms with Crippen LogP contribution in [0.4, 0.5) is 0 Å². The third kappa shape index (κ3) is 31.4. The minimum Gasteiger partial charge on any atom is -0.822 e. The van der Waals surface area contributed by atoms with Gasteiger partial charge < -0.3 is 19.2 Å². The normalized spacial score (nSPS) is 8.00. The Bertz CT molecular complexity index is 256. The minimum atomic E-state index is -5.39. The predicted octanol–water partition coefficient (Wildman–Crippen LogP) is -9.82. The molecule has 0 aliphatic rings. The summed E-state index contributed by atoms with van der Waals surface area (Å²) in [5.74, 6) is 0. The molecule has 1 aromatic carbocycles. The standard InChI is InChI=1S/C7H8.3Na.H3O4P/c1-7-5-3-2-4-6-7;;;;1-5(2,3)4/h2-6H,1H3;;;;(H3,1,2,3,4)/q;3*+1;/p-3. The molecule has 8 heteroatoms. The zero-order chi connectivity index (χ0) is 9.61. The van der Waals surface area contributed by atoms with E-state index in [0.29, 0.717) is 0 Å². The van der Waals surface area contributed by atoms with Crippen molar-refractivity contribution in [3.8, 4) is 0 Å². The molecular formula is C7H8Na3O4P. The summed E-state index contributed by atoms with van der Waals surface area (Å²) in [6.07, 6.45) is 0. The van der Waals surface area contributed by atoms with Crippen molar-refractivity contribution in [2.75, 3.05) is 0 Å². The SMILES string of the molecule is Cc1ccccc1.O=P([O-])([O-])[O-].[Na+].[Na+].[Na+]. The molecule has 15 heavy (non-hydrogen) atoms. The van der Waals surface area contributed by atoms with Crippen molar-refractivity contribution in [3.05, 3.63) is 35.9 Å². The fourth-order valence-electron chi connectivity index (χ4n) is 0.534. The van der Waals surface area contributed by atoms with Crippen molar-refractivity contribution < 1.29 is 108 Å². The molecule has 0 atom stereocenters. The third-order valence-electron chi connectivity index (χ3n) is 0.940. The minimum absolute atomic E-state index is 0. The summed E-state index contributed by atoms with van der Waals surface area (Å²) < 4.78 is 8.55. The topological polar surface area (TPSA) is 86.2 Å². The van der Waals surface area contributed by atoms with Crippen LogP contribution in [0.3, 0.4) is 0 Å². The molecule has 0 aromatic heterocycles. The number of benzene rings is 1. The van der Waals surface area contributed by atoms with Crippen molar-refractivity contribution >= 4 is 7.82 Å². The van der Waals surface area contributed by atoms with E-state index in [2.05, 4.69) is 19.1 Å². The first-order valence-corrected chi connectivity index (χ1v) is 4.60. The van der Waals surface area contributed by atoms with Gasteiger partial charge in [0.15, 0.2) is 0 Å². The quantitative estimate of drug-likeness (QED) is 0.341. The Kier molecular flexibility index (Phi) is 25.0. The van der Waals surface area contributed by atoms with Gasteiger partial charge in [0, 0.05) is 0 Å². The van der Waals surface area contributed by atoms with Gasteiger partial charge in [-0.15, -0.1) is 0 Å². The monoisotopic (exact) mass is 256 g/mol. The molecule has 0 bridgehead atoms. The van der Waals surface area contributed by atoms with Gasteiger partial charge in [-0.25, -0.2) is 0 Å². The van der Waals surface area contributed by atoms with E-state index in [1.807, 2.05) is 18.2 Å². The van der Waals surface area contributed by atoms with Gasteiger partial charge >= 0.3 is 88.7 Å². The Morgan fingerprint density at radius 3 is 1.33 bits per heavy atom. The molecule has 0 spiro atoms. The molecule has 0 saturated carbocycles. The Labute approximate surface area is 156 Å². The molecule has 4 nitrogen and oxygen atoms in total. The summed E-state index contributed by atoms with van der Waals surface area (Å²) in [5.41, 5.74) is 1.32. The Hall–Kier alpha value is 2.33. The van der Waals surface area contributed by atoms with Crippen molar-refractivity contribution in [1.82, 2.24) is 0 Å². The van der Waals surface area contributed by atoms with Gasteiger partial charge in [0.05, 0.1) is 0 Å². The summed E-state index contributed by atoms with van der Waals surface area (Å²) in [6.45, 7) is 2.08. The second-order valence-electron chi connectivity index (χ2n) is 2.10. The fraction of sp³-hybridized carbons (Fsp3) is 0.143. The molecule has 0 heterocycles. The van der Waals surface area contributed by atoms with Crippen LogP contribution in [0.5, 0.6) is 0 Å². The molecule has 0 aliphatic heterocycles. The van der Waals surface area contributed by atoms with E-state index in [1.54, 1.807) is 0 Å². The molecule has 1 aromatic rings. The van der Waals surface area contributed by atoms with E-state index in [1.165, 1.54) is 5.56 Å². The van der Waals surface area contributed by atoms with Gasteiger partial charge in [0.25, 0.3) is 0 Å². The van der Waals surface area contributed by atoms with Crippen LogP contribution in [0.15, 0.2) is 30.3 Å². The van der Waals surface area contributed by atoms with E-state index < -0.39 is 7.82 Å². The van der Waals surface area contributed by atoms with Crippen molar-refractivity contribution in [2.45, 2.75) is 6.92 Å². The second kappa shape index (κ2) is 14.4. The van der Waals surface area contributed by atoms with E-state index in [0.717, 1.165) is 0 Å². The van der Waals surface area contributed by atoms with E-state index >= 15 is 0 Å². The first-order chi connectivity index (χ1) is 5.39. The van der Waals surface area contributed by atoms with E-state index in [9.17, 15) is 0 Å². The zero-order valence-corrected chi connectivity index (χ0v) is 16.4. The summed E-state index contributed by atoms with van der Waals surface area (Å²) >= 11 is 0. The van der Waals surface area contributed by atoms with Crippen molar-refractivity contribution in [3.63, 3.8) is 0 Å². The molecule has 0 radical (unpaired) electrons. The fourth-order valence-corrected chi connectivity index (χ4v) is 0.534. The van der Waals surface area contributed by atoms with Crippen molar-refractivity contribution in [1.29, 1.82) is 0 Å². The molecule has 0 unspecified atom stereocenters. The second-order valence-corrected chi connectivity index (χ2v) is 3.00. The maximum Gasteiger partial charge on any atom is 1.00 e. The molecule has 0 aliphatic carbocycles. The average Bonchev–Trinajstić information content (AvgIpc) is 1.85. The predicted molar refractivity (Wildman–Crippen MR) is 38.8 cm³/mol. The molecule has 0 saturated heterocycles. The zero-order valence-electron chi connectivity index (χ0n) is 9.47. The van der Waals surface area contributed by atoms with Gasteiger partial charge in [-0.05, 0) is 6.92 Å². The number of hydrogen-bond donors (Lipinski definition) is 0. The van der Waals surface area contributed by atoms with Gasteiger partial charge in [-0.3, -0.25) is 0 Å². The summed E-state index contributed by atoms with van der Waals surface area (Å²) in [4.78, 5) is 25.6. The maximum absolute atomic E-state index is 8.55. The van der Waals surface area contributed by atoms with E-state index in [4.69, 9.17) is 19.2 Å². The maximum atomic E-state index is 8.55. The van der Waals surface area contributed by atoms with Gasteiger partial charge in [-0.1, -0.05) is 35.9 Å². The molecule has 0 N–H and O–H groups in total. The van der Waals surface area contributed by atoms with Crippen LogP contribution in [-0.4, -0.2) is 0 Å². The van der Waals surface area contributed by atoms with Gasteiger partial charge in [0.2, 0.25) is 0 Å². The number of rotatable bonds is 0. The van der Waals surface area contributed by atoms with Gasteiger partial charge in [0.1, 0.15) is 0 Å². The Morgan fingerprint density at radius 1 is 0.933 bits per heavy atom. The molecule has 0 amide bonds. The number of hydrogen-bond acceptors (Lipinski definition) is 4. The van der Waals surface area contributed by atoms with Crippen LogP contribution >= 0.6 is 7.82 Å². The molecular weight excluding hydrogens is 248 g/mol. The van der Waals surface area contributed by atoms with Crippen LogP contribution in [0.25, 0.3) is 0 Å². The molecule has 0 fully saturated rings. The van der Waals surface area contributed by atoms with Crippen LogP contribution in [0, 0.1) is 6.92 Å².